The number of carbonyl (C=O) groups is 6. The Kier molecular flexibility index (Phi) is 4.96. The van der Waals surface area contributed by atoms with E-state index in [4.69, 9.17) is 0 Å². The third-order valence-electron chi connectivity index (χ3n) is 4.50. The fourth-order valence-electron chi connectivity index (χ4n) is 3.33. The third kappa shape index (κ3) is 3.24. The van der Waals surface area contributed by atoms with Crippen molar-refractivity contribution in [2.24, 2.45) is 0 Å². The molecule has 0 bridgehead atoms. The molecule has 140 valence electrons. The summed E-state index contributed by atoms with van der Waals surface area (Å²) in [6.07, 6.45) is -0.841. The Morgan fingerprint density at radius 1 is 0.643 bits per heavy atom. The van der Waals surface area contributed by atoms with Crippen LogP contribution in [0.5, 0.6) is 0 Å². The van der Waals surface area contributed by atoms with Gasteiger partial charge in [-0.05, 0) is 26.0 Å². The lowest BCUT2D eigenvalue weighted by Gasteiger charge is -2.22. The van der Waals surface area contributed by atoms with Crippen LogP contribution in [0.4, 0.5) is 0 Å². The molecule has 0 heterocycles. The summed E-state index contributed by atoms with van der Waals surface area (Å²) < 4.78 is 0. The number of benzene rings is 2. The molecule has 6 nitrogen and oxygen atoms in total. The number of hydrogen-bond acceptors (Lipinski definition) is 6. The first-order valence-corrected chi connectivity index (χ1v) is 8.63. The van der Waals surface area contributed by atoms with Crippen molar-refractivity contribution in [3.63, 3.8) is 0 Å². The van der Waals surface area contributed by atoms with Crippen LogP contribution in [0.25, 0.3) is 0 Å². The molecule has 0 fully saturated rings. The number of hydrogen-bond donors (Lipinski definition) is 0. The topological polar surface area (TPSA) is 102 Å². The van der Waals surface area contributed by atoms with Crippen molar-refractivity contribution < 1.29 is 28.8 Å². The summed E-state index contributed by atoms with van der Waals surface area (Å²) in [6, 6.07) is 8.68. The summed E-state index contributed by atoms with van der Waals surface area (Å²) in [4.78, 5) is 74.0. The SMILES string of the molecule is CC(=O)CC(=O)c1ccc(C(=O)CC(C)=O)c2c1C(=O)c1ccccc1C2=O. The zero-order chi connectivity index (χ0) is 20.6. The maximum absolute atomic E-state index is 13.1. The van der Waals surface area contributed by atoms with Gasteiger partial charge < -0.3 is 0 Å². The molecule has 0 spiro atoms. The van der Waals surface area contributed by atoms with Gasteiger partial charge in [-0.15, -0.1) is 0 Å². The molecular weight excluding hydrogens is 360 g/mol. The van der Waals surface area contributed by atoms with Gasteiger partial charge in [-0.2, -0.15) is 0 Å². The van der Waals surface area contributed by atoms with E-state index in [1.807, 2.05) is 0 Å². The summed E-state index contributed by atoms with van der Waals surface area (Å²) in [5.41, 5.74) is -0.232. The van der Waals surface area contributed by atoms with Crippen molar-refractivity contribution in [3.8, 4) is 0 Å². The molecule has 2 aromatic carbocycles. The molecule has 0 radical (unpaired) electrons. The van der Waals surface area contributed by atoms with Crippen molar-refractivity contribution in [2.75, 3.05) is 0 Å². The Labute approximate surface area is 160 Å². The largest absolute Gasteiger partial charge is 0.300 e. The highest BCUT2D eigenvalue weighted by Crippen LogP contribution is 2.33. The first kappa shape index (κ1) is 19.2. The molecule has 0 amide bonds. The maximum atomic E-state index is 13.1. The van der Waals surface area contributed by atoms with Crippen LogP contribution in [0, 0.1) is 0 Å². The minimum Gasteiger partial charge on any atom is -0.300 e. The van der Waals surface area contributed by atoms with Gasteiger partial charge in [0.2, 0.25) is 0 Å². The Bertz CT molecular complexity index is 1000. The predicted molar refractivity (Wildman–Crippen MR) is 99.0 cm³/mol. The van der Waals surface area contributed by atoms with Gasteiger partial charge in [-0.1, -0.05) is 24.3 Å². The van der Waals surface area contributed by atoms with Gasteiger partial charge in [0.1, 0.15) is 11.6 Å². The summed E-state index contributed by atoms with van der Waals surface area (Å²) >= 11 is 0. The molecule has 0 saturated heterocycles. The van der Waals surface area contributed by atoms with E-state index >= 15 is 0 Å². The minimum atomic E-state index is -0.602. The van der Waals surface area contributed by atoms with Crippen molar-refractivity contribution in [2.45, 2.75) is 26.7 Å². The molecular formula is C22H16O6. The van der Waals surface area contributed by atoms with Crippen LogP contribution in [0.3, 0.4) is 0 Å². The van der Waals surface area contributed by atoms with E-state index in [0.717, 1.165) is 0 Å². The lowest BCUT2D eigenvalue weighted by Crippen LogP contribution is -2.27. The van der Waals surface area contributed by atoms with Gasteiger partial charge in [0.15, 0.2) is 23.1 Å². The van der Waals surface area contributed by atoms with Crippen LogP contribution < -0.4 is 0 Å². The predicted octanol–water partition coefficient (Wildman–Crippen LogP) is 2.79. The summed E-state index contributed by atoms with van der Waals surface area (Å²) in [5, 5.41) is 0. The summed E-state index contributed by atoms with van der Waals surface area (Å²) in [6.45, 7) is 2.49. The third-order valence-corrected chi connectivity index (χ3v) is 4.50. The van der Waals surface area contributed by atoms with Crippen molar-refractivity contribution in [1.82, 2.24) is 0 Å². The van der Waals surface area contributed by atoms with Crippen LogP contribution >= 0.6 is 0 Å². The molecule has 6 heteroatoms. The monoisotopic (exact) mass is 376 g/mol. The molecule has 1 aliphatic rings. The van der Waals surface area contributed by atoms with E-state index in [9.17, 15) is 28.8 Å². The molecule has 3 rings (SSSR count). The second kappa shape index (κ2) is 7.23. The second-order valence-electron chi connectivity index (χ2n) is 6.72. The summed E-state index contributed by atoms with van der Waals surface area (Å²) in [7, 11) is 0. The van der Waals surface area contributed by atoms with Crippen molar-refractivity contribution >= 4 is 34.7 Å². The standard InChI is InChI=1S/C22H16O6/c1-11(23)9-17(25)15-7-8-16(18(26)10-12(2)24)20-19(15)21(27)13-5-3-4-6-14(13)22(20)28/h3-8H,9-10H2,1-2H3. The normalized spacial score (nSPS) is 12.2. The molecule has 2 aromatic rings. The zero-order valence-electron chi connectivity index (χ0n) is 15.3. The Hall–Kier alpha value is -3.54. The molecule has 0 aromatic heterocycles. The average molecular weight is 376 g/mol. The average Bonchev–Trinajstić information content (AvgIpc) is 2.63. The first-order chi connectivity index (χ1) is 13.2. The highest BCUT2D eigenvalue weighted by Gasteiger charge is 2.36. The van der Waals surface area contributed by atoms with E-state index in [2.05, 4.69) is 0 Å². The minimum absolute atomic E-state index is 0.0718. The lowest BCUT2D eigenvalue weighted by molar-refractivity contribution is -0.117. The van der Waals surface area contributed by atoms with E-state index in [0.29, 0.717) is 0 Å². The lowest BCUT2D eigenvalue weighted by atomic mass is 9.77. The van der Waals surface area contributed by atoms with Crippen LogP contribution in [0.2, 0.25) is 0 Å². The summed E-state index contributed by atoms with van der Waals surface area (Å²) in [5.74, 6) is -3.09. The second-order valence-corrected chi connectivity index (χ2v) is 6.72. The zero-order valence-corrected chi connectivity index (χ0v) is 15.3. The van der Waals surface area contributed by atoms with Crippen molar-refractivity contribution in [1.29, 1.82) is 0 Å². The van der Waals surface area contributed by atoms with Gasteiger partial charge in [0.25, 0.3) is 0 Å². The Morgan fingerprint density at radius 3 is 1.32 bits per heavy atom. The van der Waals surface area contributed by atoms with E-state index in [1.54, 1.807) is 12.1 Å². The highest BCUT2D eigenvalue weighted by atomic mass is 16.2. The van der Waals surface area contributed by atoms with Crippen LogP contribution in [-0.4, -0.2) is 34.7 Å². The van der Waals surface area contributed by atoms with Crippen LogP contribution in [-0.2, 0) is 9.59 Å². The van der Waals surface area contributed by atoms with E-state index in [-0.39, 0.29) is 44.9 Å². The molecule has 0 aliphatic heterocycles. The first-order valence-electron chi connectivity index (χ1n) is 8.63. The van der Waals surface area contributed by atoms with Crippen LogP contribution in [0.15, 0.2) is 36.4 Å². The number of rotatable bonds is 6. The fraction of sp³-hybridized carbons (Fsp3) is 0.182. The smallest absolute Gasteiger partial charge is 0.195 e. The fourth-order valence-corrected chi connectivity index (χ4v) is 3.33. The number of carbonyl (C=O) groups excluding carboxylic acids is 6. The number of ketones is 6. The Morgan fingerprint density at radius 2 is 1.00 bits per heavy atom. The van der Waals surface area contributed by atoms with Crippen molar-refractivity contribution in [3.05, 3.63) is 69.8 Å². The Balaban J connectivity index is 2.29. The van der Waals surface area contributed by atoms with Gasteiger partial charge in [0, 0.05) is 33.4 Å². The number of Topliss-reactive ketones (excluding diaryl/α,β-unsaturated/α-hetero) is 4. The van der Waals surface area contributed by atoms with Gasteiger partial charge in [-0.25, -0.2) is 0 Å². The van der Waals surface area contributed by atoms with Gasteiger partial charge in [-0.3, -0.25) is 28.8 Å². The molecule has 0 N–H and O–H groups in total. The quantitative estimate of drug-likeness (QED) is 0.484. The molecule has 0 unspecified atom stereocenters. The van der Waals surface area contributed by atoms with E-state index < -0.39 is 36.0 Å². The molecule has 28 heavy (non-hydrogen) atoms. The molecule has 1 aliphatic carbocycles. The van der Waals surface area contributed by atoms with Gasteiger partial charge in [0.05, 0.1) is 12.8 Å². The molecule has 0 atom stereocenters. The highest BCUT2D eigenvalue weighted by molar-refractivity contribution is 6.33. The van der Waals surface area contributed by atoms with Crippen LogP contribution in [0.1, 0.15) is 79.2 Å². The molecule has 0 saturated carbocycles. The maximum Gasteiger partial charge on any atom is 0.195 e. The van der Waals surface area contributed by atoms with E-state index in [1.165, 1.54) is 38.1 Å². The number of fused-ring (bicyclic) bond motifs is 2. The van der Waals surface area contributed by atoms with Gasteiger partial charge >= 0.3 is 0 Å².